The summed E-state index contributed by atoms with van der Waals surface area (Å²) in [6.45, 7) is 7.15. The minimum Gasteiger partial charge on any atom is -0.353 e. The second kappa shape index (κ2) is 5.92. The lowest BCUT2D eigenvalue weighted by Crippen LogP contribution is -2.46. The monoisotopic (exact) mass is 312 g/mol. The zero-order valence-corrected chi connectivity index (χ0v) is 14.0. The van der Waals surface area contributed by atoms with Gasteiger partial charge in [0.15, 0.2) is 5.82 Å². The van der Waals surface area contributed by atoms with Crippen molar-refractivity contribution in [3.63, 3.8) is 0 Å². The molecule has 2 aromatic rings. The number of aromatic nitrogens is 4. The highest BCUT2D eigenvalue weighted by molar-refractivity contribution is 5.38. The van der Waals surface area contributed by atoms with E-state index in [9.17, 15) is 0 Å². The van der Waals surface area contributed by atoms with Crippen LogP contribution in [-0.2, 0) is 26.4 Å². The largest absolute Gasteiger partial charge is 0.353 e. The summed E-state index contributed by atoms with van der Waals surface area (Å²) in [5.74, 6) is 0.997. The number of hydrogen-bond donors (Lipinski definition) is 0. The van der Waals surface area contributed by atoms with Crippen molar-refractivity contribution in [3.8, 4) is 0 Å². The fourth-order valence-electron chi connectivity index (χ4n) is 3.69. The molecule has 1 aliphatic carbocycles. The van der Waals surface area contributed by atoms with Gasteiger partial charge in [-0.25, -0.2) is 0 Å². The summed E-state index contributed by atoms with van der Waals surface area (Å²) in [5, 5.41) is 13.2. The van der Waals surface area contributed by atoms with E-state index in [1.807, 2.05) is 13.0 Å². The molecule has 0 saturated carbocycles. The maximum Gasteiger partial charge on any atom is 0.151 e. The third kappa shape index (κ3) is 2.83. The SMILES string of the molecule is Cc1ccc(N2CCN(Cc3c4c(nn3C)CCC4)CC2)nn1. The van der Waals surface area contributed by atoms with Crippen molar-refractivity contribution >= 4 is 5.82 Å². The predicted octanol–water partition coefficient (Wildman–Crippen LogP) is 1.33. The van der Waals surface area contributed by atoms with Gasteiger partial charge < -0.3 is 4.90 Å². The van der Waals surface area contributed by atoms with Crippen LogP contribution in [-0.4, -0.2) is 51.1 Å². The lowest BCUT2D eigenvalue weighted by Gasteiger charge is -2.35. The van der Waals surface area contributed by atoms with Crippen LogP contribution < -0.4 is 4.90 Å². The molecule has 0 bridgehead atoms. The highest BCUT2D eigenvalue weighted by Crippen LogP contribution is 2.25. The molecule has 3 heterocycles. The smallest absolute Gasteiger partial charge is 0.151 e. The number of hydrogen-bond acceptors (Lipinski definition) is 5. The van der Waals surface area contributed by atoms with Crippen molar-refractivity contribution in [1.82, 2.24) is 24.9 Å². The number of aryl methyl sites for hydroxylation is 3. The first-order valence-electron chi connectivity index (χ1n) is 8.52. The van der Waals surface area contributed by atoms with Gasteiger partial charge in [-0.1, -0.05) is 0 Å². The van der Waals surface area contributed by atoms with Gasteiger partial charge in [-0.05, 0) is 43.9 Å². The van der Waals surface area contributed by atoms with Crippen molar-refractivity contribution in [2.75, 3.05) is 31.1 Å². The molecule has 6 nitrogen and oxygen atoms in total. The van der Waals surface area contributed by atoms with Gasteiger partial charge in [-0.15, -0.1) is 5.10 Å². The van der Waals surface area contributed by atoms with Crippen LogP contribution in [0.3, 0.4) is 0 Å². The van der Waals surface area contributed by atoms with E-state index >= 15 is 0 Å². The molecular formula is C17H24N6. The molecule has 6 heteroatoms. The Morgan fingerprint density at radius 1 is 1.04 bits per heavy atom. The summed E-state index contributed by atoms with van der Waals surface area (Å²) in [7, 11) is 2.09. The number of rotatable bonds is 3. The summed E-state index contributed by atoms with van der Waals surface area (Å²) in [4.78, 5) is 4.87. The standard InChI is InChI=1S/C17H24N6/c1-13-6-7-17(19-18-13)23-10-8-22(9-11-23)12-16-14-4-3-5-15(14)20-21(16)2/h6-7H,3-5,8-12H2,1-2H3. The maximum absolute atomic E-state index is 4.69. The molecule has 4 rings (SSSR count). The zero-order chi connectivity index (χ0) is 15.8. The Morgan fingerprint density at radius 2 is 1.87 bits per heavy atom. The van der Waals surface area contributed by atoms with E-state index in [1.165, 1.54) is 29.8 Å². The van der Waals surface area contributed by atoms with Crippen molar-refractivity contribution in [2.45, 2.75) is 32.7 Å². The highest BCUT2D eigenvalue weighted by atomic mass is 15.3. The van der Waals surface area contributed by atoms with E-state index in [2.05, 4.69) is 42.9 Å². The van der Waals surface area contributed by atoms with Gasteiger partial charge in [0.05, 0.1) is 17.1 Å². The van der Waals surface area contributed by atoms with Gasteiger partial charge in [-0.2, -0.15) is 10.2 Å². The Bertz CT molecular complexity index is 682. The van der Waals surface area contributed by atoms with Gasteiger partial charge in [-0.3, -0.25) is 9.58 Å². The fraction of sp³-hybridized carbons (Fsp3) is 0.588. The van der Waals surface area contributed by atoms with Crippen molar-refractivity contribution in [2.24, 2.45) is 7.05 Å². The quantitative estimate of drug-likeness (QED) is 0.856. The Labute approximate surface area is 137 Å². The van der Waals surface area contributed by atoms with Crippen LogP contribution in [0.4, 0.5) is 5.82 Å². The van der Waals surface area contributed by atoms with Gasteiger partial charge in [0, 0.05) is 39.8 Å². The molecule has 0 spiro atoms. The highest BCUT2D eigenvalue weighted by Gasteiger charge is 2.24. The van der Waals surface area contributed by atoms with Gasteiger partial charge >= 0.3 is 0 Å². The first-order chi connectivity index (χ1) is 11.2. The third-order valence-corrected chi connectivity index (χ3v) is 5.05. The molecule has 2 aromatic heterocycles. The van der Waals surface area contributed by atoms with Crippen LogP contribution in [0, 0.1) is 6.92 Å². The van der Waals surface area contributed by atoms with Crippen LogP contribution in [0.2, 0.25) is 0 Å². The Hall–Kier alpha value is -1.95. The van der Waals surface area contributed by atoms with E-state index in [1.54, 1.807) is 0 Å². The molecule has 122 valence electrons. The fourth-order valence-corrected chi connectivity index (χ4v) is 3.69. The van der Waals surface area contributed by atoms with Crippen molar-refractivity contribution < 1.29 is 0 Å². The first kappa shape index (κ1) is 14.6. The van der Waals surface area contributed by atoms with E-state index in [-0.39, 0.29) is 0 Å². The van der Waals surface area contributed by atoms with Crippen LogP contribution in [0.1, 0.15) is 29.1 Å². The van der Waals surface area contributed by atoms with E-state index in [4.69, 9.17) is 0 Å². The molecule has 0 unspecified atom stereocenters. The second-order valence-electron chi connectivity index (χ2n) is 6.65. The average Bonchev–Trinajstić information content (AvgIpc) is 3.12. The summed E-state index contributed by atoms with van der Waals surface area (Å²) >= 11 is 0. The van der Waals surface area contributed by atoms with Crippen molar-refractivity contribution in [3.05, 3.63) is 34.8 Å². The topological polar surface area (TPSA) is 50.1 Å². The minimum atomic E-state index is 0.970. The molecule has 0 amide bonds. The summed E-state index contributed by atoms with van der Waals surface area (Å²) in [5.41, 5.74) is 5.23. The van der Waals surface area contributed by atoms with Crippen LogP contribution >= 0.6 is 0 Å². The van der Waals surface area contributed by atoms with Gasteiger partial charge in [0.25, 0.3) is 0 Å². The lowest BCUT2D eigenvalue weighted by molar-refractivity contribution is 0.242. The second-order valence-corrected chi connectivity index (χ2v) is 6.65. The Balaban J connectivity index is 1.39. The molecule has 1 aliphatic heterocycles. The molecule has 2 aliphatic rings. The van der Waals surface area contributed by atoms with Crippen LogP contribution in [0.15, 0.2) is 12.1 Å². The molecular weight excluding hydrogens is 288 g/mol. The van der Waals surface area contributed by atoms with Gasteiger partial charge in [0.1, 0.15) is 0 Å². The number of anilines is 1. The van der Waals surface area contributed by atoms with E-state index in [0.29, 0.717) is 0 Å². The molecule has 0 N–H and O–H groups in total. The predicted molar refractivity (Wildman–Crippen MR) is 89.5 cm³/mol. The molecule has 23 heavy (non-hydrogen) atoms. The molecule has 1 fully saturated rings. The minimum absolute atomic E-state index is 0.970. The lowest BCUT2D eigenvalue weighted by atomic mass is 10.2. The van der Waals surface area contributed by atoms with Crippen LogP contribution in [0.25, 0.3) is 0 Å². The summed E-state index contributed by atoms with van der Waals surface area (Å²) < 4.78 is 2.10. The normalized spacial score (nSPS) is 18.4. The first-order valence-corrected chi connectivity index (χ1v) is 8.52. The Morgan fingerprint density at radius 3 is 2.61 bits per heavy atom. The third-order valence-electron chi connectivity index (χ3n) is 5.05. The van der Waals surface area contributed by atoms with E-state index < -0.39 is 0 Å². The van der Waals surface area contributed by atoms with Gasteiger partial charge in [0.2, 0.25) is 0 Å². The summed E-state index contributed by atoms with van der Waals surface area (Å²) in [6.07, 6.45) is 3.63. The van der Waals surface area contributed by atoms with Crippen molar-refractivity contribution in [1.29, 1.82) is 0 Å². The van der Waals surface area contributed by atoms with Crippen LogP contribution in [0.5, 0.6) is 0 Å². The molecule has 0 radical (unpaired) electrons. The molecule has 0 atom stereocenters. The molecule has 0 aromatic carbocycles. The number of piperazine rings is 1. The van der Waals surface area contributed by atoms with E-state index in [0.717, 1.165) is 50.7 Å². The summed E-state index contributed by atoms with van der Waals surface area (Å²) in [6, 6.07) is 4.11. The number of fused-ring (bicyclic) bond motifs is 1. The maximum atomic E-state index is 4.69. The zero-order valence-electron chi connectivity index (χ0n) is 14.0. The average molecular weight is 312 g/mol. The Kier molecular flexibility index (Phi) is 3.77. The molecule has 1 saturated heterocycles. The number of nitrogens with zero attached hydrogens (tertiary/aromatic N) is 6.